The van der Waals surface area contributed by atoms with E-state index < -0.39 is 5.91 Å². The smallest absolute Gasteiger partial charge is 0.278 e. The number of imide groups is 1. The quantitative estimate of drug-likeness (QED) is 0.476. The van der Waals surface area contributed by atoms with Crippen LogP contribution in [0.15, 0.2) is 78.5 Å². The Bertz CT molecular complexity index is 1240. The van der Waals surface area contributed by atoms with E-state index in [0.717, 1.165) is 5.56 Å². The van der Waals surface area contributed by atoms with Crippen molar-refractivity contribution in [2.24, 2.45) is 0 Å². The Morgan fingerprint density at radius 2 is 1.59 bits per heavy atom. The van der Waals surface area contributed by atoms with Gasteiger partial charge in [-0.3, -0.25) is 14.5 Å². The van der Waals surface area contributed by atoms with Gasteiger partial charge in [0.15, 0.2) is 11.5 Å². The molecular weight excluding hydrogens is 432 g/mol. The van der Waals surface area contributed by atoms with Crippen molar-refractivity contribution in [3.63, 3.8) is 0 Å². The first kappa shape index (κ1) is 22.9. The fraction of sp³-hybridized carbons (Fsp3) is 0.185. The molecule has 7 nitrogen and oxygen atoms in total. The van der Waals surface area contributed by atoms with Crippen LogP contribution >= 0.6 is 0 Å². The Kier molecular flexibility index (Phi) is 6.82. The Labute approximate surface area is 198 Å². The van der Waals surface area contributed by atoms with Crippen LogP contribution < -0.4 is 19.5 Å². The molecule has 1 heterocycles. The van der Waals surface area contributed by atoms with Gasteiger partial charge in [-0.25, -0.2) is 0 Å². The Morgan fingerprint density at radius 1 is 0.824 bits per heavy atom. The maximum Gasteiger partial charge on any atom is 0.278 e. The summed E-state index contributed by atoms with van der Waals surface area (Å²) in [5, 5.41) is 3.17. The minimum Gasteiger partial charge on any atom is -0.494 e. The van der Waals surface area contributed by atoms with Crippen LogP contribution in [0.1, 0.15) is 18.1 Å². The molecule has 0 bridgehead atoms. The summed E-state index contributed by atoms with van der Waals surface area (Å²) < 4.78 is 16.3. The van der Waals surface area contributed by atoms with Gasteiger partial charge < -0.3 is 19.5 Å². The third-order valence-corrected chi connectivity index (χ3v) is 5.44. The lowest BCUT2D eigenvalue weighted by Gasteiger charge is -2.15. The number of ether oxygens (including phenoxy) is 3. The molecule has 0 spiro atoms. The predicted molar refractivity (Wildman–Crippen MR) is 130 cm³/mol. The number of rotatable bonds is 9. The molecule has 1 N–H and O–H groups in total. The summed E-state index contributed by atoms with van der Waals surface area (Å²) in [6.07, 6.45) is 0. The lowest BCUT2D eigenvalue weighted by Crippen LogP contribution is -2.31. The van der Waals surface area contributed by atoms with Crippen molar-refractivity contribution < 1.29 is 23.8 Å². The highest BCUT2D eigenvalue weighted by atomic mass is 16.5. The number of benzene rings is 3. The van der Waals surface area contributed by atoms with Gasteiger partial charge in [-0.05, 0) is 42.3 Å². The number of nitrogens with one attached hydrogen (secondary N) is 1. The van der Waals surface area contributed by atoms with Crippen LogP contribution in [-0.4, -0.2) is 37.5 Å². The fourth-order valence-electron chi connectivity index (χ4n) is 3.84. The van der Waals surface area contributed by atoms with Crippen molar-refractivity contribution in [3.05, 3.63) is 89.6 Å². The zero-order valence-corrected chi connectivity index (χ0v) is 19.3. The van der Waals surface area contributed by atoms with Crippen molar-refractivity contribution in [3.8, 4) is 17.2 Å². The lowest BCUT2D eigenvalue weighted by atomic mass is 10.0. The summed E-state index contributed by atoms with van der Waals surface area (Å²) in [6.45, 7) is 2.59. The number of anilines is 1. The monoisotopic (exact) mass is 458 g/mol. The highest BCUT2D eigenvalue weighted by Crippen LogP contribution is 2.36. The molecule has 4 rings (SSSR count). The van der Waals surface area contributed by atoms with E-state index in [-0.39, 0.29) is 23.7 Å². The van der Waals surface area contributed by atoms with Crippen LogP contribution in [0.2, 0.25) is 0 Å². The minimum absolute atomic E-state index is 0.166. The van der Waals surface area contributed by atoms with Gasteiger partial charge in [0.1, 0.15) is 11.4 Å². The van der Waals surface area contributed by atoms with Crippen molar-refractivity contribution in [2.45, 2.75) is 13.5 Å². The molecule has 3 aromatic rings. The van der Waals surface area contributed by atoms with Gasteiger partial charge in [-0.15, -0.1) is 0 Å². The van der Waals surface area contributed by atoms with Crippen molar-refractivity contribution in [2.75, 3.05) is 26.1 Å². The predicted octanol–water partition coefficient (Wildman–Crippen LogP) is 4.49. The third-order valence-electron chi connectivity index (χ3n) is 5.44. The first-order chi connectivity index (χ1) is 16.5. The average Bonchev–Trinajstić information content (AvgIpc) is 3.09. The van der Waals surface area contributed by atoms with Crippen LogP contribution in [0.3, 0.4) is 0 Å². The molecule has 1 aliphatic heterocycles. The first-order valence-electron chi connectivity index (χ1n) is 10.9. The van der Waals surface area contributed by atoms with Crippen LogP contribution in [-0.2, 0) is 16.1 Å². The van der Waals surface area contributed by atoms with E-state index in [0.29, 0.717) is 35.1 Å². The third kappa shape index (κ3) is 4.59. The Hall–Kier alpha value is -4.26. The highest BCUT2D eigenvalue weighted by Gasteiger charge is 2.39. The van der Waals surface area contributed by atoms with Gasteiger partial charge in [-0.2, -0.15) is 0 Å². The number of methoxy groups -OCH3 is 2. The first-order valence-corrected chi connectivity index (χ1v) is 10.9. The number of amides is 2. The summed E-state index contributed by atoms with van der Waals surface area (Å²) in [7, 11) is 3.07. The van der Waals surface area contributed by atoms with E-state index in [1.165, 1.54) is 12.0 Å². The number of nitrogens with zero attached hydrogens (tertiary/aromatic N) is 1. The van der Waals surface area contributed by atoms with Crippen LogP contribution in [0.4, 0.5) is 5.69 Å². The molecule has 1 aliphatic rings. The van der Waals surface area contributed by atoms with E-state index >= 15 is 0 Å². The molecule has 0 fully saturated rings. The molecule has 174 valence electrons. The van der Waals surface area contributed by atoms with E-state index in [1.54, 1.807) is 31.4 Å². The molecule has 2 amide bonds. The number of carbonyl (C=O) groups excluding carboxylic acids is 2. The largest absolute Gasteiger partial charge is 0.494 e. The van der Waals surface area contributed by atoms with Gasteiger partial charge in [0.2, 0.25) is 0 Å². The van der Waals surface area contributed by atoms with Crippen LogP contribution in [0.5, 0.6) is 17.2 Å². The number of hydrogen-bond donors (Lipinski definition) is 1. The number of carbonyl (C=O) groups is 2. The van der Waals surface area contributed by atoms with Crippen molar-refractivity contribution in [1.29, 1.82) is 0 Å². The molecule has 0 aliphatic carbocycles. The molecule has 0 saturated carbocycles. The average molecular weight is 459 g/mol. The van der Waals surface area contributed by atoms with Gasteiger partial charge in [-0.1, -0.05) is 42.5 Å². The van der Waals surface area contributed by atoms with Crippen molar-refractivity contribution >= 4 is 23.1 Å². The van der Waals surface area contributed by atoms with Gasteiger partial charge in [0.05, 0.1) is 32.9 Å². The molecular formula is C27H26N2O5. The van der Waals surface area contributed by atoms with Gasteiger partial charge >= 0.3 is 0 Å². The normalized spacial score (nSPS) is 13.3. The second-order valence-electron chi connectivity index (χ2n) is 7.59. The summed E-state index contributed by atoms with van der Waals surface area (Å²) in [4.78, 5) is 28.3. The highest BCUT2D eigenvalue weighted by molar-refractivity contribution is 6.36. The van der Waals surface area contributed by atoms with E-state index in [9.17, 15) is 9.59 Å². The maximum atomic E-state index is 13.6. The molecule has 0 saturated heterocycles. The summed E-state index contributed by atoms with van der Waals surface area (Å²) in [5.74, 6) is 0.874. The van der Waals surface area contributed by atoms with Gasteiger partial charge in [0, 0.05) is 11.8 Å². The SMILES string of the molecule is CCOc1cccc(NC2=C(c3ccc(OC)c(OC)c3)C(=O)N(Cc3ccccc3)C2=O)c1. The topological polar surface area (TPSA) is 77.1 Å². The molecule has 0 radical (unpaired) electrons. The lowest BCUT2D eigenvalue weighted by molar-refractivity contribution is -0.137. The number of hydrogen-bond acceptors (Lipinski definition) is 6. The van der Waals surface area contributed by atoms with E-state index in [4.69, 9.17) is 14.2 Å². The van der Waals surface area contributed by atoms with Crippen molar-refractivity contribution in [1.82, 2.24) is 4.90 Å². The van der Waals surface area contributed by atoms with E-state index in [2.05, 4.69) is 5.32 Å². The second kappa shape index (κ2) is 10.1. The Morgan fingerprint density at radius 3 is 2.29 bits per heavy atom. The van der Waals surface area contributed by atoms with Gasteiger partial charge in [0.25, 0.3) is 11.8 Å². The molecule has 7 heteroatoms. The van der Waals surface area contributed by atoms with E-state index in [1.807, 2.05) is 55.5 Å². The molecule has 0 aromatic heterocycles. The summed E-state index contributed by atoms with van der Waals surface area (Å²) in [6, 6.07) is 21.8. The summed E-state index contributed by atoms with van der Waals surface area (Å²) >= 11 is 0. The van der Waals surface area contributed by atoms with Crippen LogP contribution in [0, 0.1) is 0 Å². The molecule has 0 atom stereocenters. The minimum atomic E-state index is -0.402. The molecule has 34 heavy (non-hydrogen) atoms. The molecule has 0 unspecified atom stereocenters. The zero-order valence-electron chi connectivity index (χ0n) is 19.3. The van der Waals surface area contributed by atoms with Crippen LogP contribution in [0.25, 0.3) is 5.57 Å². The maximum absolute atomic E-state index is 13.6. The Balaban J connectivity index is 1.77. The summed E-state index contributed by atoms with van der Waals surface area (Å²) in [5.41, 5.74) is 2.51. The standard InChI is InChI=1S/C27H26N2O5/c1-4-34-21-12-8-11-20(16-21)28-25-24(19-13-14-22(32-2)23(15-19)33-3)26(30)29(27(25)31)17-18-9-6-5-7-10-18/h5-16,28H,4,17H2,1-3H3. The second-order valence-corrected chi connectivity index (χ2v) is 7.59. The zero-order chi connectivity index (χ0) is 24.1. The fourth-order valence-corrected chi connectivity index (χ4v) is 3.84. The molecule has 3 aromatic carbocycles.